The molecule has 1 saturated carbocycles. The molecular weight excluding hydrogens is 532 g/mol. The highest BCUT2D eigenvalue weighted by Gasteiger charge is 2.68. The average molecular weight is 569 g/mol. The number of carbonyl (C=O) groups excluding carboxylic acids is 4. The maximum absolute atomic E-state index is 13.9. The van der Waals surface area contributed by atoms with Crippen molar-refractivity contribution < 1.29 is 44.3 Å². The summed E-state index contributed by atoms with van der Waals surface area (Å²) in [7, 11) is 3.05. The van der Waals surface area contributed by atoms with Crippen molar-refractivity contribution in [2.75, 3.05) is 14.1 Å². The number of ketones is 2. The molecule has 41 heavy (non-hydrogen) atoms. The molecule has 4 aliphatic carbocycles. The van der Waals surface area contributed by atoms with E-state index in [0.717, 1.165) is 25.7 Å². The molecule has 4 aliphatic rings. The molecule has 6 atom stereocenters. The molecular formula is C30H36N2O9. The van der Waals surface area contributed by atoms with E-state index in [-0.39, 0.29) is 16.9 Å². The Labute approximate surface area is 237 Å². The number of fused-ring (bicyclic) bond motifs is 3. The summed E-state index contributed by atoms with van der Waals surface area (Å²) in [5.41, 5.74) is 1.53. The van der Waals surface area contributed by atoms with Crippen molar-refractivity contribution in [2.24, 2.45) is 23.5 Å². The van der Waals surface area contributed by atoms with Crippen molar-refractivity contribution in [3.05, 3.63) is 52.0 Å². The van der Waals surface area contributed by atoms with Crippen LogP contribution < -0.4 is 5.73 Å². The first-order valence-corrected chi connectivity index (χ1v) is 14.0. The van der Waals surface area contributed by atoms with Gasteiger partial charge in [0.25, 0.3) is 5.91 Å². The van der Waals surface area contributed by atoms with Crippen LogP contribution >= 0.6 is 0 Å². The number of ether oxygens (including phenoxy) is 1. The van der Waals surface area contributed by atoms with Gasteiger partial charge in [-0.1, -0.05) is 44.7 Å². The zero-order chi connectivity index (χ0) is 30.0. The molecule has 0 radical (unpaired) electrons. The van der Waals surface area contributed by atoms with Gasteiger partial charge >= 0.3 is 5.97 Å². The van der Waals surface area contributed by atoms with Crippen LogP contribution in [0.5, 0.6) is 5.75 Å². The van der Waals surface area contributed by atoms with Crippen LogP contribution in [-0.2, 0) is 19.1 Å². The maximum atomic E-state index is 13.9. The number of phenolic OH excluding ortho intramolecular Hbond substituents is 1. The Morgan fingerprint density at radius 1 is 1.05 bits per heavy atom. The van der Waals surface area contributed by atoms with Crippen LogP contribution in [0.3, 0.4) is 0 Å². The number of aliphatic hydroxyl groups is 3. The van der Waals surface area contributed by atoms with E-state index < -0.39 is 82.0 Å². The van der Waals surface area contributed by atoms with Gasteiger partial charge in [-0.25, -0.2) is 0 Å². The third-order valence-electron chi connectivity index (χ3n) is 9.41. The van der Waals surface area contributed by atoms with Crippen molar-refractivity contribution in [1.82, 2.24) is 4.90 Å². The van der Waals surface area contributed by atoms with Crippen LogP contribution in [0, 0.1) is 17.8 Å². The number of hydrogen-bond acceptors (Lipinski definition) is 10. The number of hydrogen-bond donors (Lipinski definition) is 5. The van der Waals surface area contributed by atoms with Crippen molar-refractivity contribution in [1.29, 1.82) is 0 Å². The summed E-state index contributed by atoms with van der Waals surface area (Å²) >= 11 is 0. The molecule has 1 fully saturated rings. The van der Waals surface area contributed by atoms with Gasteiger partial charge in [0.2, 0.25) is 5.78 Å². The number of nitrogens with zero attached hydrogens (tertiary/aromatic N) is 1. The minimum Gasteiger partial charge on any atom is -0.510 e. The number of primary amides is 1. The lowest BCUT2D eigenvalue weighted by molar-refractivity contribution is -0.184. The lowest BCUT2D eigenvalue weighted by Crippen LogP contribution is -2.69. The van der Waals surface area contributed by atoms with Crippen molar-refractivity contribution in [2.45, 2.75) is 69.1 Å². The first kappa shape index (κ1) is 28.8. The molecule has 1 aromatic carbocycles. The number of amides is 1. The largest absolute Gasteiger partial charge is 0.510 e. The SMILES string of the molecule is C[C@H]1c2cccc(O)c2C(=O)C2=C(O)[C@]3(O)C(=O)C(C(N)=O)=C(O)[C@@H](N(C)C)[C@@H]3[C@@H](OC(=O)C3CCCCCC3)[C@@H]21. The number of benzene rings is 1. The van der Waals surface area contributed by atoms with E-state index in [1.54, 1.807) is 19.1 Å². The molecule has 0 spiro atoms. The Bertz CT molecular complexity index is 1390. The first-order chi connectivity index (χ1) is 19.3. The van der Waals surface area contributed by atoms with E-state index in [4.69, 9.17) is 10.5 Å². The molecule has 0 aromatic heterocycles. The zero-order valence-corrected chi connectivity index (χ0v) is 23.3. The first-order valence-electron chi connectivity index (χ1n) is 14.0. The molecule has 1 amide bonds. The summed E-state index contributed by atoms with van der Waals surface area (Å²) in [6.07, 6.45) is 3.43. The van der Waals surface area contributed by atoms with Crippen molar-refractivity contribution >= 4 is 23.4 Å². The average Bonchev–Trinajstić information content (AvgIpc) is 3.20. The summed E-state index contributed by atoms with van der Waals surface area (Å²) < 4.78 is 6.19. The highest BCUT2D eigenvalue weighted by atomic mass is 16.5. The van der Waals surface area contributed by atoms with Crippen molar-refractivity contribution in [3.8, 4) is 5.75 Å². The molecule has 5 rings (SSSR count). The summed E-state index contributed by atoms with van der Waals surface area (Å²) in [4.78, 5) is 55.2. The van der Waals surface area contributed by atoms with Gasteiger partial charge in [0.1, 0.15) is 28.9 Å². The maximum Gasteiger partial charge on any atom is 0.309 e. The Balaban J connectivity index is 1.77. The second-order valence-electron chi connectivity index (χ2n) is 11.9. The van der Waals surface area contributed by atoms with E-state index in [2.05, 4.69) is 0 Å². The molecule has 0 unspecified atom stereocenters. The second-order valence-corrected chi connectivity index (χ2v) is 11.9. The number of likely N-dealkylation sites (N-methyl/N-ethyl adjacent to an activating group) is 1. The van der Waals surface area contributed by atoms with Gasteiger partial charge in [-0.2, -0.15) is 0 Å². The van der Waals surface area contributed by atoms with Crippen molar-refractivity contribution in [3.63, 3.8) is 0 Å². The van der Waals surface area contributed by atoms with Gasteiger partial charge in [0, 0.05) is 11.5 Å². The van der Waals surface area contributed by atoms with E-state index in [0.29, 0.717) is 18.4 Å². The topological polar surface area (TPSA) is 188 Å². The Hall–Kier alpha value is -3.70. The van der Waals surface area contributed by atoms with Gasteiger partial charge in [-0.3, -0.25) is 24.1 Å². The monoisotopic (exact) mass is 568 g/mol. The smallest absolute Gasteiger partial charge is 0.309 e. The number of phenols is 1. The lowest BCUT2D eigenvalue weighted by atomic mass is 9.55. The highest BCUT2D eigenvalue weighted by Crippen LogP contribution is 2.56. The minimum absolute atomic E-state index is 0.102. The molecule has 220 valence electrons. The fourth-order valence-corrected chi connectivity index (χ4v) is 7.44. The van der Waals surface area contributed by atoms with Crippen LogP contribution in [0.15, 0.2) is 40.9 Å². The van der Waals surface area contributed by atoms with Gasteiger partial charge in [-0.15, -0.1) is 0 Å². The number of rotatable bonds is 4. The van der Waals surface area contributed by atoms with Crippen LogP contribution in [0.2, 0.25) is 0 Å². The summed E-state index contributed by atoms with van der Waals surface area (Å²) in [5.74, 6) is -9.84. The molecule has 0 aliphatic heterocycles. The van der Waals surface area contributed by atoms with Gasteiger partial charge in [-0.05, 0) is 44.5 Å². The fourth-order valence-electron chi connectivity index (χ4n) is 7.44. The molecule has 0 heterocycles. The standard InChI is InChI=1S/C30H36N2O9/c1-13-15-11-8-12-16(33)18(15)23(34)19-17(13)25(41-29(39)14-9-6-4-5-7-10-14)21-22(32(2)3)24(35)20(28(31)38)27(37)30(21,40)26(19)36/h8,11-14,17,21-22,25,33,35-36,40H,4-7,9-10H2,1-3H3,(H2,31,38)/t13-,17+,21+,22-,25-,30-/m0/s1. The number of carbonyl (C=O) groups is 4. The van der Waals surface area contributed by atoms with E-state index in [1.165, 1.54) is 25.1 Å². The van der Waals surface area contributed by atoms with E-state index >= 15 is 0 Å². The second kappa shape index (κ2) is 10.3. The lowest BCUT2D eigenvalue weighted by Gasteiger charge is -2.54. The molecule has 0 bridgehead atoms. The van der Waals surface area contributed by atoms with Crippen LogP contribution in [0.4, 0.5) is 0 Å². The van der Waals surface area contributed by atoms with Crippen LogP contribution in [-0.4, -0.2) is 80.6 Å². The Morgan fingerprint density at radius 3 is 2.27 bits per heavy atom. The Morgan fingerprint density at radius 2 is 1.68 bits per heavy atom. The summed E-state index contributed by atoms with van der Waals surface area (Å²) in [5, 5.41) is 45.6. The van der Waals surface area contributed by atoms with E-state index in [9.17, 15) is 39.6 Å². The molecule has 1 aromatic rings. The number of aromatic hydroxyl groups is 1. The fraction of sp³-hybridized carbons (Fsp3) is 0.533. The Kier molecular flexibility index (Phi) is 7.23. The summed E-state index contributed by atoms with van der Waals surface area (Å²) in [6.45, 7) is 1.74. The zero-order valence-electron chi connectivity index (χ0n) is 23.3. The third-order valence-corrected chi connectivity index (χ3v) is 9.41. The predicted octanol–water partition coefficient (Wildman–Crippen LogP) is 2.17. The minimum atomic E-state index is -2.94. The molecule has 11 nitrogen and oxygen atoms in total. The molecule has 0 saturated heterocycles. The van der Waals surface area contributed by atoms with Gasteiger partial charge in [0.15, 0.2) is 11.4 Å². The van der Waals surface area contributed by atoms with E-state index in [1.807, 2.05) is 0 Å². The van der Waals surface area contributed by atoms with Crippen LogP contribution in [0.1, 0.15) is 67.3 Å². The number of aliphatic hydroxyl groups excluding tert-OH is 2. The van der Waals surface area contributed by atoms with Crippen LogP contribution in [0.25, 0.3) is 0 Å². The number of Topliss-reactive ketones (excluding diaryl/α,β-unsaturated/α-hetero) is 2. The quantitative estimate of drug-likeness (QED) is 0.205. The predicted molar refractivity (Wildman–Crippen MR) is 145 cm³/mol. The molecule has 6 N–H and O–H groups in total. The summed E-state index contributed by atoms with van der Waals surface area (Å²) in [6, 6.07) is 3.22. The molecule has 11 heteroatoms. The highest BCUT2D eigenvalue weighted by molar-refractivity contribution is 6.25. The number of esters is 1. The van der Waals surface area contributed by atoms with Gasteiger partial charge in [0.05, 0.1) is 23.4 Å². The third kappa shape index (κ3) is 4.16. The normalized spacial score (nSPS) is 32.3. The van der Waals surface area contributed by atoms with Gasteiger partial charge < -0.3 is 30.9 Å². The number of nitrogens with two attached hydrogens (primary N) is 1.